The van der Waals surface area contributed by atoms with Gasteiger partial charge in [0, 0.05) is 17.5 Å². The SMILES string of the molecule is C=CCOc1ccc(C2=NN3C(C2)c2ccccc2OC3c2ccccc2)cc1. The zero-order valence-electron chi connectivity index (χ0n) is 16.1. The van der Waals surface area contributed by atoms with Crippen molar-refractivity contribution >= 4 is 5.71 Å². The van der Waals surface area contributed by atoms with E-state index in [2.05, 4.69) is 48.0 Å². The van der Waals surface area contributed by atoms with Gasteiger partial charge in [0.05, 0.1) is 11.8 Å². The van der Waals surface area contributed by atoms with E-state index in [4.69, 9.17) is 14.6 Å². The lowest BCUT2D eigenvalue weighted by molar-refractivity contribution is -0.0190. The summed E-state index contributed by atoms with van der Waals surface area (Å²) in [4.78, 5) is 0. The number of hydrogen-bond donors (Lipinski definition) is 0. The van der Waals surface area contributed by atoms with Gasteiger partial charge in [-0.25, -0.2) is 5.01 Å². The minimum atomic E-state index is -0.233. The van der Waals surface area contributed by atoms with Crippen LogP contribution in [0.1, 0.15) is 35.4 Å². The van der Waals surface area contributed by atoms with Crippen molar-refractivity contribution in [3.63, 3.8) is 0 Å². The van der Waals surface area contributed by atoms with E-state index in [1.807, 2.05) is 42.5 Å². The molecule has 2 atom stereocenters. The normalized spacial score (nSPS) is 19.6. The van der Waals surface area contributed by atoms with Crippen LogP contribution < -0.4 is 9.47 Å². The maximum Gasteiger partial charge on any atom is 0.213 e. The highest BCUT2D eigenvalue weighted by Gasteiger charge is 2.40. The first-order valence-corrected chi connectivity index (χ1v) is 9.84. The van der Waals surface area contributed by atoms with Crippen molar-refractivity contribution in [3.05, 3.63) is 108 Å². The monoisotopic (exact) mass is 382 g/mol. The fraction of sp³-hybridized carbons (Fsp3) is 0.160. The molecule has 0 radical (unpaired) electrons. The molecule has 5 rings (SSSR count). The van der Waals surface area contributed by atoms with Crippen LogP contribution in [0.2, 0.25) is 0 Å². The van der Waals surface area contributed by atoms with Gasteiger partial charge in [-0.2, -0.15) is 5.10 Å². The van der Waals surface area contributed by atoms with Crippen molar-refractivity contribution in [1.29, 1.82) is 0 Å². The van der Waals surface area contributed by atoms with E-state index in [1.54, 1.807) is 6.08 Å². The molecule has 2 aliphatic rings. The summed E-state index contributed by atoms with van der Waals surface area (Å²) in [6, 6.07) is 26.8. The molecule has 0 aliphatic carbocycles. The topological polar surface area (TPSA) is 34.1 Å². The second-order valence-corrected chi connectivity index (χ2v) is 7.19. The lowest BCUT2D eigenvalue weighted by atomic mass is 9.96. The minimum Gasteiger partial charge on any atom is -0.490 e. The van der Waals surface area contributed by atoms with E-state index in [-0.39, 0.29) is 12.3 Å². The summed E-state index contributed by atoms with van der Waals surface area (Å²) in [5.41, 5.74) is 4.45. The lowest BCUT2D eigenvalue weighted by Gasteiger charge is -2.38. The molecular weight excluding hydrogens is 360 g/mol. The highest BCUT2D eigenvalue weighted by molar-refractivity contribution is 6.02. The molecule has 0 spiro atoms. The summed E-state index contributed by atoms with van der Waals surface area (Å²) in [5.74, 6) is 1.77. The van der Waals surface area contributed by atoms with Gasteiger partial charge >= 0.3 is 0 Å². The fourth-order valence-corrected chi connectivity index (χ4v) is 3.95. The number of benzene rings is 3. The molecule has 0 saturated carbocycles. The second-order valence-electron chi connectivity index (χ2n) is 7.19. The van der Waals surface area contributed by atoms with E-state index in [0.717, 1.165) is 34.8 Å². The smallest absolute Gasteiger partial charge is 0.213 e. The van der Waals surface area contributed by atoms with Gasteiger partial charge in [0.25, 0.3) is 0 Å². The maximum atomic E-state index is 6.37. The molecule has 4 nitrogen and oxygen atoms in total. The molecule has 3 aromatic rings. The van der Waals surface area contributed by atoms with Crippen LogP contribution in [0, 0.1) is 0 Å². The summed E-state index contributed by atoms with van der Waals surface area (Å²) in [5, 5.41) is 7.10. The first-order valence-electron chi connectivity index (χ1n) is 9.84. The third-order valence-corrected chi connectivity index (χ3v) is 5.34. The number of nitrogens with zero attached hydrogens (tertiary/aromatic N) is 2. The van der Waals surface area contributed by atoms with Crippen LogP contribution in [0.15, 0.2) is 96.6 Å². The van der Waals surface area contributed by atoms with Gasteiger partial charge in [0.15, 0.2) is 0 Å². The molecule has 144 valence electrons. The van der Waals surface area contributed by atoms with Gasteiger partial charge in [-0.05, 0) is 35.9 Å². The molecule has 0 N–H and O–H groups in total. The van der Waals surface area contributed by atoms with Crippen molar-refractivity contribution in [2.45, 2.75) is 18.7 Å². The molecular formula is C25H22N2O2. The van der Waals surface area contributed by atoms with E-state index < -0.39 is 0 Å². The zero-order valence-corrected chi connectivity index (χ0v) is 16.1. The van der Waals surface area contributed by atoms with Crippen LogP contribution in [0.4, 0.5) is 0 Å². The summed E-state index contributed by atoms with van der Waals surface area (Å²) in [6.07, 6.45) is 2.36. The van der Waals surface area contributed by atoms with Gasteiger partial charge in [0.1, 0.15) is 18.1 Å². The van der Waals surface area contributed by atoms with Crippen molar-refractivity contribution in [2.75, 3.05) is 6.61 Å². The number of ether oxygens (including phenoxy) is 2. The number of rotatable bonds is 5. The highest BCUT2D eigenvalue weighted by atomic mass is 16.5. The van der Waals surface area contributed by atoms with Gasteiger partial charge in [-0.15, -0.1) is 0 Å². The van der Waals surface area contributed by atoms with E-state index in [1.165, 1.54) is 5.56 Å². The predicted octanol–water partition coefficient (Wildman–Crippen LogP) is 5.49. The molecule has 2 unspecified atom stereocenters. The van der Waals surface area contributed by atoms with Crippen LogP contribution in [-0.4, -0.2) is 17.3 Å². The van der Waals surface area contributed by atoms with Crippen LogP contribution in [0.5, 0.6) is 11.5 Å². The van der Waals surface area contributed by atoms with Crippen LogP contribution in [0.3, 0.4) is 0 Å². The molecule has 0 bridgehead atoms. The average molecular weight is 382 g/mol. The number of para-hydroxylation sites is 1. The lowest BCUT2D eigenvalue weighted by Crippen LogP contribution is -2.33. The average Bonchev–Trinajstić information content (AvgIpc) is 3.24. The summed E-state index contributed by atoms with van der Waals surface area (Å²) in [7, 11) is 0. The minimum absolute atomic E-state index is 0.164. The Morgan fingerprint density at radius 1 is 1.00 bits per heavy atom. The number of hydrogen-bond acceptors (Lipinski definition) is 4. The second kappa shape index (κ2) is 7.47. The molecule has 29 heavy (non-hydrogen) atoms. The Balaban J connectivity index is 1.49. The van der Waals surface area contributed by atoms with E-state index in [0.29, 0.717) is 6.61 Å². The first kappa shape index (κ1) is 17.6. The van der Waals surface area contributed by atoms with Crippen molar-refractivity contribution in [2.24, 2.45) is 5.10 Å². The Kier molecular flexibility index (Phi) is 4.53. The Morgan fingerprint density at radius 2 is 1.76 bits per heavy atom. The van der Waals surface area contributed by atoms with Crippen molar-refractivity contribution in [1.82, 2.24) is 5.01 Å². The van der Waals surface area contributed by atoms with Crippen molar-refractivity contribution in [3.8, 4) is 11.5 Å². The molecule has 2 aliphatic heterocycles. The van der Waals surface area contributed by atoms with Gasteiger partial charge in [-0.3, -0.25) is 0 Å². The Labute approximate surface area is 170 Å². The van der Waals surface area contributed by atoms with Crippen molar-refractivity contribution < 1.29 is 9.47 Å². The standard InChI is InChI=1S/C25H22N2O2/c1-2-16-28-20-14-12-18(13-15-20)22-17-23-21-10-6-7-11-24(21)29-25(27(23)26-22)19-8-4-3-5-9-19/h2-15,23,25H,1,16-17H2. The summed E-state index contributed by atoms with van der Waals surface area (Å²) in [6.45, 7) is 4.19. The molecule has 0 aromatic heterocycles. The molecule has 2 heterocycles. The van der Waals surface area contributed by atoms with Gasteiger partial charge in [-0.1, -0.05) is 61.2 Å². The Hall–Kier alpha value is -3.53. The zero-order chi connectivity index (χ0) is 19.6. The van der Waals surface area contributed by atoms with Crippen LogP contribution in [-0.2, 0) is 0 Å². The molecule has 0 amide bonds. The number of fused-ring (bicyclic) bond motifs is 3. The molecule has 0 saturated heterocycles. The summed E-state index contributed by atoms with van der Waals surface area (Å²) < 4.78 is 12.0. The van der Waals surface area contributed by atoms with Crippen LogP contribution >= 0.6 is 0 Å². The number of hydrazone groups is 1. The Bertz CT molecular complexity index is 1040. The predicted molar refractivity (Wildman–Crippen MR) is 114 cm³/mol. The maximum absolute atomic E-state index is 6.37. The Morgan fingerprint density at radius 3 is 2.55 bits per heavy atom. The third-order valence-electron chi connectivity index (χ3n) is 5.34. The van der Waals surface area contributed by atoms with Gasteiger partial charge in [0.2, 0.25) is 6.23 Å². The molecule has 4 heteroatoms. The highest BCUT2D eigenvalue weighted by Crippen LogP contribution is 2.47. The molecule has 0 fully saturated rings. The third kappa shape index (κ3) is 3.27. The van der Waals surface area contributed by atoms with E-state index in [9.17, 15) is 0 Å². The largest absolute Gasteiger partial charge is 0.490 e. The first-order chi connectivity index (χ1) is 14.3. The van der Waals surface area contributed by atoms with Gasteiger partial charge < -0.3 is 9.47 Å². The summed E-state index contributed by atoms with van der Waals surface area (Å²) >= 11 is 0. The quantitative estimate of drug-likeness (QED) is 0.547. The van der Waals surface area contributed by atoms with Crippen LogP contribution in [0.25, 0.3) is 0 Å². The van der Waals surface area contributed by atoms with E-state index >= 15 is 0 Å². The molecule has 3 aromatic carbocycles. The fourth-order valence-electron chi connectivity index (χ4n) is 3.95.